The third-order valence-corrected chi connectivity index (χ3v) is 1.67. The largest absolute Gasteiger partial charge is 0.474 e. The van der Waals surface area contributed by atoms with Gasteiger partial charge in [-0.3, -0.25) is 0 Å². The Labute approximate surface area is 59.1 Å². The van der Waals surface area contributed by atoms with Crippen LogP contribution in [0.2, 0.25) is 0 Å². The number of hydrogen-bond acceptors (Lipinski definition) is 3. The molecule has 52 valence electrons. The molecule has 0 radical (unpaired) electrons. The predicted molar refractivity (Wildman–Crippen MR) is 36.1 cm³/mol. The van der Waals surface area contributed by atoms with E-state index in [1.54, 1.807) is 12.5 Å². The lowest BCUT2D eigenvalue weighted by Gasteiger charge is -2.23. The summed E-state index contributed by atoms with van der Waals surface area (Å²) in [6.07, 6.45) is 8.41. The molecule has 0 aromatic rings. The van der Waals surface area contributed by atoms with E-state index in [9.17, 15) is 0 Å². The summed E-state index contributed by atoms with van der Waals surface area (Å²) in [5.41, 5.74) is 0. The minimum absolute atomic E-state index is 0.0602. The molecule has 0 spiro atoms. The van der Waals surface area contributed by atoms with E-state index in [0.717, 1.165) is 6.42 Å². The third-order valence-electron chi connectivity index (χ3n) is 1.67. The molecule has 0 N–H and O–H groups in total. The van der Waals surface area contributed by atoms with Crippen LogP contribution in [0.1, 0.15) is 6.42 Å². The zero-order chi connectivity index (χ0) is 6.81. The number of azo groups is 1. The summed E-state index contributed by atoms with van der Waals surface area (Å²) in [4.78, 5) is 0. The molecule has 0 saturated carbocycles. The molecule has 0 bridgehead atoms. The number of allylic oxidation sites excluding steroid dienone is 1. The van der Waals surface area contributed by atoms with Crippen molar-refractivity contribution in [3.05, 3.63) is 24.6 Å². The second-order valence-electron chi connectivity index (χ2n) is 2.37. The molecule has 2 heterocycles. The van der Waals surface area contributed by atoms with E-state index in [-0.39, 0.29) is 6.23 Å². The van der Waals surface area contributed by atoms with E-state index < -0.39 is 0 Å². The Morgan fingerprint density at radius 3 is 3.40 bits per heavy atom. The SMILES string of the molecule is C1=COC2N=NC=CC2C1. The van der Waals surface area contributed by atoms with Gasteiger partial charge in [-0.1, -0.05) is 6.08 Å². The topological polar surface area (TPSA) is 34.0 Å². The first-order chi connectivity index (χ1) is 4.97. The van der Waals surface area contributed by atoms with Crippen LogP contribution in [-0.4, -0.2) is 6.23 Å². The fourth-order valence-electron chi connectivity index (χ4n) is 1.11. The van der Waals surface area contributed by atoms with Crippen molar-refractivity contribution in [2.75, 3.05) is 0 Å². The summed E-state index contributed by atoms with van der Waals surface area (Å²) in [6, 6.07) is 0. The van der Waals surface area contributed by atoms with Gasteiger partial charge in [0, 0.05) is 12.1 Å². The Kier molecular flexibility index (Phi) is 1.27. The van der Waals surface area contributed by atoms with E-state index >= 15 is 0 Å². The molecule has 0 amide bonds. The summed E-state index contributed by atoms with van der Waals surface area (Å²) in [5.74, 6) is 0.405. The summed E-state index contributed by atoms with van der Waals surface area (Å²) in [7, 11) is 0. The maximum Gasteiger partial charge on any atom is 0.214 e. The van der Waals surface area contributed by atoms with E-state index in [4.69, 9.17) is 4.74 Å². The number of nitrogens with zero attached hydrogens (tertiary/aromatic N) is 2. The van der Waals surface area contributed by atoms with Crippen LogP contribution in [0.4, 0.5) is 0 Å². The van der Waals surface area contributed by atoms with Crippen molar-refractivity contribution in [3.63, 3.8) is 0 Å². The highest BCUT2D eigenvalue weighted by atomic mass is 16.5. The fourth-order valence-corrected chi connectivity index (χ4v) is 1.11. The first-order valence-corrected chi connectivity index (χ1v) is 3.34. The van der Waals surface area contributed by atoms with E-state index in [1.165, 1.54) is 0 Å². The lowest BCUT2D eigenvalue weighted by Crippen LogP contribution is -2.21. The summed E-state index contributed by atoms with van der Waals surface area (Å²) < 4.78 is 5.19. The Morgan fingerprint density at radius 1 is 1.50 bits per heavy atom. The molecule has 10 heavy (non-hydrogen) atoms. The predicted octanol–water partition coefficient (Wildman–Crippen LogP) is 1.84. The molecule has 3 nitrogen and oxygen atoms in total. The number of rotatable bonds is 0. The zero-order valence-corrected chi connectivity index (χ0v) is 5.47. The standard InChI is InChI=1S/C7H8N2O/c1-2-6-3-4-8-9-7(6)10-5-1/h1,3-7H,2H2. The molecule has 2 rings (SSSR count). The van der Waals surface area contributed by atoms with Gasteiger partial charge in [0.25, 0.3) is 0 Å². The minimum Gasteiger partial charge on any atom is -0.474 e. The Morgan fingerprint density at radius 2 is 2.50 bits per heavy atom. The molecule has 2 aliphatic rings. The van der Waals surface area contributed by atoms with Gasteiger partial charge >= 0.3 is 0 Å². The summed E-state index contributed by atoms with van der Waals surface area (Å²) in [6.45, 7) is 0. The Balaban J connectivity index is 2.19. The quantitative estimate of drug-likeness (QED) is 0.500. The second kappa shape index (κ2) is 2.25. The second-order valence-corrected chi connectivity index (χ2v) is 2.37. The first kappa shape index (κ1) is 5.65. The highest BCUT2D eigenvalue weighted by molar-refractivity contribution is 5.00. The van der Waals surface area contributed by atoms with Crippen LogP contribution in [-0.2, 0) is 4.74 Å². The maximum atomic E-state index is 5.19. The fraction of sp³-hybridized carbons (Fsp3) is 0.429. The molecule has 0 saturated heterocycles. The van der Waals surface area contributed by atoms with Crippen LogP contribution in [0.5, 0.6) is 0 Å². The molecule has 2 atom stereocenters. The third kappa shape index (κ3) is 0.835. The average Bonchev–Trinajstić information content (AvgIpc) is 2.05. The Hall–Kier alpha value is -1.12. The van der Waals surface area contributed by atoms with Crippen LogP contribution in [0.25, 0.3) is 0 Å². The van der Waals surface area contributed by atoms with Crippen molar-refractivity contribution in [1.29, 1.82) is 0 Å². The van der Waals surface area contributed by atoms with Gasteiger partial charge in [0.15, 0.2) is 0 Å². The van der Waals surface area contributed by atoms with Gasteiger partial charge in [0.05, 0.1) is 6.26 Å². The van der Waals surface area contributed by atoms with Gasteiger partial charge < -0.3 is 4.74 Å². The molecule has 0 fully saturated rings. The van der Waals surface area contributed by atoms with Crippen molar-refractivity contribution in [2.24, 2.45) is 16.1 Å². The zero-order valence-electron chi connectivity index (χ0n) is 5.47. The summed E-state index contributed by atoms with van der Waals surface area (Å²) >= 11 is 0. The molecule has 2 unspecified atom stereocenters. The smallest absolute Gasteiger partial charge is 0.214 e. The number of ether oxygens (including phenoxy) is 1. The molecular weight excluding hydrogens is 128 g/mol. The minimum atomic E-state index is -0.0602. The van der Waals surface area contributed by atoms with Gasteiger partial charge in [-0.15, -0.1) is 5.11 Å². The van der Waals surface area contributed by atoms with Crippen LogP contribution in [0.15, 0.2) is 34.8 Å². The van der Waals surface area contributed by atoms with Crippen LogP contribution in [0.3, 0.4) is 0 Å². The van der Waals surface area contributed by atoms with Crippen molar-refractivity contribution >= 4 is 0 Å². The normalized spacial score (nSPS) is 35.2. The monoisotopic (exact) mass is 136 g/mol. The lowest BCUT2D eigenvalue weighted by atomic mass is 10.0. The van der Waals surface area contributed by atoms with E-state index in [1.807, 2.05) is 12.2 Å². The van der Waals surface area contributed by atoms with E-state index in [2.05, 4.69) is 10.2 Å². The van der Waals surface area contributed by atoms with Gasteiger partial charge in [-0.05, 0) is 12.5 Å². The molecule has 0 aromatic heterocycles. The van der Waals surface area contributed by atoms with Crippen molar-refractivity contribution in [3.8, 4) is 0 Å². The maximum absolute atomic E-state index is 5.19. The van der Waals surface area contributed by atoms with Crippen molar-refractivity contribution < 1.29 is 4.74 Å². The van der Waals surface area contributed by atoms with Crippen LogP contribution in [0, 0.1) is 5.92 Å². The molecule has 3 heteroatoms. The number of hydrogen-bond donors (Lipinski definition) is 0. The van der Waals surface area contributed by atoms with Crippen LogP contribution < -0.4 is 0 Å². The number of fused-ring (bicyclic) bond motifs is 1. The first-order valence-electron chi connectivity index (χ1n) is 3.34. The van der Waals surface area contributed by atoms with Gasteiger partial charge in [0.1, 0.15) is 0 Å². The van der Waals surface area contributed by atoms with E-state index in [0.29, 0.717) is 5.92 Å². The average molecular weight is 136 g/mol. The highest BCUT2D eigenvalue weighted by Crippen LogP contribution is 2.23. The Bertz CT molecular complexity index is 186. The highest BCUT2D eigenvalue weighted by Gasteiger charge is 2.22. The van der Waals surface area contributed by atoms with Crippen molar-refractivity contribution in [1.82, 2.24) is 0 Å². The van der Waals surface area contributed by atoms with Gasteiger partial charge in [-0.25, -0.2) is 0 Å². The van der Waals surface area contributed by atoms with Gasteiger partial charge in [0.2, 0.25) is 6.23 Å². The molecule has 2 aliphatic heterocycles. The lowest BCUT2D eigenvalue weighted by molar-refractivity contribution is 0.0903. The molecular formula is C7H8N2O. The van der Waals surface area contributed by atoms with Crippen molar-refractivity contribution in [2.45, 2.75) is 12.6 Å². The van der Waals surface area contributed by atoms with Gasteiger partial charge in [-0.2, -0.15) is 5.11 Å². The summed E-state index contributed by atoms with van der Waals surface area (Å²) in [5, 5.41) is 7.66. The molecule has 0 aromatic carbocycles. The molecule has 0 aliphatic carbocycles. The van der Waals surface area contributed by atoms with Crippen LogP contribution >= 0.6 is 0 Å².